The Bertz CT molecular complexity index is 345. The Balaban J connectivity index is 2.56. The number of benzene rings is 1. The molecule has 88 valence electrons. The predicted molar refractivity (Wildman–Crippen MR) is 61.6 cm³/mol. The molecule has 0 radical (unpaired) electrons. The predicted octanol–water partition coefficient (Wildman–Crippen LogP) is 1.91. The van der Waals surface area contributed by atoms with Gasteiger partial charge in [0.25, 0.3) is 0 Å². The molecule has 5 nitrogen and oxygen atoms in total. The fourth-order valence-corrected chi connectivity index (χ4v) is 1.23. The maximum absolute atomic E-state index is 11.2. The summed E-state index contributed by atoms with van der Waals surface area (Å²) in [5.41, 5.74) is 3.98. The van der Waals surface area contributed by atoms with Crippen molar-refractivity contribution in [2.24, 2.45) is 0 Å². The quantitative estimate of drug-likeness (QED) is 0.263. The van der Waals surface area contributed by atoms with Crippen LogP contribution in [0.3, 0.4) is 0 Å². The van der Waals surface area contributed by atoms with Gasteiger partial charge in [-0.3, -0.25) is 4.79 Å². The highest BCUT2D eigenvalue weighted by molar-refractivity contribution is 7.74. The number of nitrogens with one attached hydrogen (secondary N) is 1. The number of esters is 1. The summed E-state index contributed by atoms with van der Waals surface area (Å²) in [6.45, 7) is 2.15. The largest absolute Gasteiger partial charge is 0.466 e. The van der Waals surface area contributed by atoms with Crippen LogP contribution >= 0.6 is 12.9 Å². The fraction of sp³-hybridized carbons (Fsp3) is 0.300. The van der Waals surface area contributed by atoms with Crippen molar-refractivity contribution >= 4 is 24.6 Å². The average Bonchev–Trinajstić information content (AvgIpc) is 2.27. The molecule has 0 saturated carbocycles. The minimum Gasteiger partial charge on any atom is -0.466 e. The van der Waals surface area contributed by atoms with Crippen LogP contribution in [0, 0.1) is 0 Å². The lowest BCUT2D eigenvalue weighted by Gasteiger charge is -2.05. The zero-order valence-electron chi connectivity index (χ0n) is 8.80. The first-order valence-electron chi connectivity index (χ1n) is 4.74. The van der Waals surface area contributed by atoms with Crippen LogP contribution < -0.4 is 5.48 Å². The van der Waals surface area contributed by atoms with Crippen LogP contribution in [0.2, 0.25) is 0 Å². The van der Waals surface area contributed by atoms with Crippen molar-refractivity contribution in [1.82, 2.24) is 0 Å². The second-order valence-corrected chi connectivity index (χ2v) is 3.09. The Morgan fingerprint density at radius 2 is 2.31 bits per heavy atom. The molecule has 0 heterocycles. The van der Waals surface area contributed by atoms with Crippen LogP contribution in [-0.2, 0) is 25.3 Å². The molecule has 1 rings (SSSR count). The van der Waals surface area contributed by atoms with Gasteiger partial charge in [-0.1, -0.05) is 12.1 Å². The molecule has 16 heavy (non-hydrogen) atoms. The van der Waals surface area contributed by atoms with Gasteiger partial charge in [0, 0.05) is 12.9 Å². The second-order valence-electron chi connectivity index (χ2n) is 2.94. The highest BCUT2D eigenvalue weighted by Crippen LogP contribution is 2.11. The van der Waals surface area contributed by atoms with E-state index in [1.165, 1.54) is 0 Å². The van der Waals surface area contributed by atoms with Crippen LogP contribution in [0.5, 0.6) is 0 Å². The summed E-state index contributed by atoms with van der Waals surface area (Å²) in [7, 11) is 0. The van der Waals surface area contributed by atoms with Crippen molar-refractivity contribution in [3.8, 4) is 0 Å². The Morgan fingerprint density at radius 1 is 1.50 bits per heavy atom. The van der Waals surface area contributed by atoms with Gasteiger partial charge in [0.05, 0.1) is 18.7 Å². The van der Waals surface area contributed by atoms with E-state index in [0.717, 1.165) is 5.56 Å². The summed E-state index contributed by atoms with van der Waals surface area (Å²) < 4.78 is 8.94. The standard InChI is InChI=1S/C10H13NO4S/c1-2-13-10(12)7-8-4-3-5-9(6-8)11-14-15-16/h3-6,11,16H,2,7H2,1H3. The van der Waals surface area contributed by atoms with E-state index in [0.29, 0.717) is 12.3 Å². The molecule has 6 heteroatoms. The third kappa shape index (κ3) is 4.52. The molecule has 0 aliphatic carbocycles. The van der Waals surface area contributed by atoms with Gasteiger partial charge >= 0.3 is 5.97 Å². The van der Waals surface area contributed by atoms with Crippen LogP contribution in [-0.4, -0.2) is 12.6 Å². The van der Waals surface area contributed by atoms with Gasteiger partial charge in [0.1, 0.15) is 0 Å². The monoisotopic (exact) mass is 243 g/mol. The van der Waals surface area contributed by atoms with Gasteiger partial charge < -0.3 is 4.74 Å². The summed E-state index contributed by atoms with van der Waals surface area (Å²) in [6, 6.07) is 7.13. The van der Waals surface area contributed by atoms with Crippen molar-refractivity contribution in [1.29, 1.82) is 0 Å². The number of carbonyl (C=O) groups excluding carboxylic acids is 1. The van der Waals surface area contributed by atoms with Gasteiger partial charge in [-0.05, 0) is 24.6 Å². The van der Waals surface area contributed by atoms with Crippen molar-refractivity contribution in [3.63, 3.8) is 0 Å². The van der Waals surface area contributed by atoms with Crippen LogP contribution in [0.15, 0.2) is 24.3 Å². The minimum atomic E-state index is -0.258. The highest BCUT2D eigenvalue weighted by Gasteiger charge is 2.04. The molecule has 0 saturated heterocycles. The third-order valence-corrected chi connectivity index (χ3v) is 1.85. The number of hydrogen-bond donors (Lipinski definition) is 2. The molecule has 0 aliphatic rings. The number of rotatable bonds is 6. The minimum absolute atomic E-state index is 0.227. The van der Waals surface area contributed by atoms with Crippen molar-refractivity contribution < 1.29 is 18.9 Å². The topological polar surface area (TPSA) is 56.8 Å². The Kier molecular flexibility index (Phi) is 5.69. The van der Waals surface area contributed by atoms with Gasteiger partial charge in [-0.25, -0.2) is 5.48 Å². The highest BCUT2D eigenvalue weighted by atomic mass is 32.1. The summed E-state index contributed by atoms with van der Waals surface area (Å²) in [4.78, 5) is 15.7. The number of ether oxygens (including phenoxy) is 1. The van der Waals surface area contributed by atoms with Crippen molar-refractivity contribution in [2.75, 3.05) is 12.1 Å². The van der Waals surface area contributed by atoms with Crippen molar-refractivity contribution in [2.45, 2.75) is 13.3 Å². The summed E-state index contributed by atoms with van der Waals surface area (Å²) in [5.74, 6) is -0.258. The smallest absolute Gasteiger partial charge is 0.310 e. The maximum atomic E-state index is 11.2. The van der Waals surface area contributed by atoms with Gasteiger partial charge in [0.15, 0.2) is 0 Å². The van der Waals surface area contributed by atoms with E-state index in [-0.39, 0.29) is 12.4 Å². The van der Waals surface area contributed by atoms with E-state index < -0.39 is 0 Å². The molecular formula is C10H13NO4S. The Labute approximate surface area is 99.2 Å². The van der Waals surface area contributed by atoms with E-state index in [9.17, 15) is 4.79 Å². The third-order valence-electron chi connectivity index (χ3n) is 1.78. The molecule has 1 aromatic carbocycles. The number of carbonyl (C=O) groups is 1. The first kappa shape index (κ1) is 12.8. The first-order chi connectivity index (χ1) is 7.76. The molecule has 0 aromatic heterocycles. The van der Waals surface area contributed by atoms with E-state index in [2.05, 4.69) is 27.7 Å². The van der Waals surface area contributed by atoms with Crippen LogP contribution in [0.4, 0.5) is 5.69 Å². The van der Waals surface area contributed by atoms with Crippen LogP contribution in [0.1, 0.15) is 12.5 Å². The summed E-state index contributed by atoms with van der Waals surface area (Å²) in [5, 5.41) is 0. The molecule has 0 fully saturated rings. The zero-order chi connectivity index (χ0) is 11.8. The number of hydrogen-bond acceptors (Lipinski definition) is 6. The summed E-state index contributed by atoms with van der Waals surface area (Å²) in [6.07, 6.45) is 0.227. The molecule has 1 aromatic rings. The lowest BCUT2D eigenvalue weighted by molar-refractivity contribution is -0.158. The van der Waals surface area contributed by atoms with Crippen LogP contribution in [0.25, 0.3) is 0 Å². The SMILES string of the molecule is CCOC(=O)Cc1cccc(NOOS)c1. The maximum Gasteiger partial charge on any atom is 0.310 e. The fourth-order valence-electron chi connectivity index (χ4n) is 1.19. The molecule has 0 amide bonds. The lowest BCUT2D eigenvalue weighted by Crippen LogP contribution is -2.07. The Hall–Kier alpha value is -1.24. The lowest BCUT2D eigenvalue weighted by atomic mass is 10.1. The first-order valence-corrected chi connectivity index (χ1v) is 5.10. The number of anilines is 1. The second kappa shape index (κ2) is 7.10. The van der Waals surface area contributed by atoms with Gasteiger partial charge in [-0.2, -0.15) is 0 Å². The van der Waals surface area contributed by atoms with E-state index in [1.807, 2.05) is 6.07 Å². The van der Waals surface area contributed by atoms with Gasteiger partial charge in [-0.15, -0.1) is 9.32 Å². The molecule has 0 unspecified atom stereocenters. The molecular weight excluding hydrogens is 230 g/mol. The average molecular weight is 243 g/mol. The molecule has 1 N–H and O–H groups in total. The van der Waals surface area contributed by atoms with E-state index in [1.54, 1.807) is 25.1 Å². The van der Waals surface area contributed by atoms with E-state index >= 15 is 0 Å². The van der Waals surface area contributed by atoms with E-state index in [4.69, 9.17) is 4.74 Å². The molecule has 0 aliphatic heterocycles. The Morgan fingerprint density at radius 3 is 3.00 bits per heavy atom. The number of thiol groups is 1. The zero-order valence-corrected chi connectivity index (χ0v) is 9.70. The normalized spacial score (nSPS) is 9.88. The summed E-state index contributed by atoms with van der Waals surface area (Å²) >= 11 is 3.40. The van der Waals surface area contributed by atoms with Gasteiger partial charge in [0.2, 0.25) is 0 Å². The van der Waals surface area contributed by atoms with Crippen molar-refractivity contribution in [3.05, 3.63) is 29.8 Å². The molecule has 0 bridgehead atoms. The molecule has 0 atom stereocenters. The molecule has 0 spiro atoms.